The van der Waals surface area contributed by atoms with E-state index in [1.165, 1.54) is 5.56 Å². The van der Waals surface area contributed by atoms with Crippen LogP contribution in [0.4, 0.5) is 5.69 Å². The molecular weight excluding hydrogens is 186 g/mol. The predicted octanol–water partition coefficient (Wildman–Crippen LogP) is 2.82. The summed E-state index contributed by atoms with van der Waals surface area (Å²) in [4.78, 5) is 0. The van der Waals surface area contributed by atoms with Crippen LogP contribution in [0.15, 0.2) is 24.3 Å². The number of hydrogen-bond acceptors (Lipinski definition) is 2. The zero-order chi connectivity index (χ0) is 11.3. The molecule has 0 fully saturated rings. The van der Waals surface area contributed by atoms with E-state index in [-0.39, 0.29) is 12.1 Å². The fourth-order valence-electron chi connectivity index (χ4n) is 1.56. The van der Waals surface area contributed by atoms with Gasteiger partial charge in [0.25, 0.3) is 0 Å². The van der Waals surface area contributed by atoms with Crippen LogP contribution in [0.25, 0.3) is 0 Å². The van der Waals surface area contributed by atoms with Gasteiger partial charge in [-0.25, -0.2) is 0 Å². The van der Waals surface area contributed by atoms with E-state index in [1.807, 2.05) is 0 Å². The number of nitrogens with one attached hydrogen (secondary N) is 1. The lowest BCUT2D eigenvalue weighted by atomic mass is 10.0. The van der Waals surface area contributed by atoms with Gasteiger partial charge >= 0.3 is 0 Å². The molecule has 0 aliphatic rings. The highest BCUT2D eigenvalue weighted by molar-refractivity contribution is 5.46. The van der Waals surface area contributed by atoms with E-state index in [9.17, 15) is 0 Å². The largest absolute Gasteiger partial charge is 0.396 e. The van der Waals surface area contributed by atoms with E-state index in [0.29, 0.717) is 0 Å². The van der Waals surface area contributed by atoms with Gasteiger partial charge in [-0.3, -0.25) is 0 Å². The Kier molecular flexibility index (Phi) is 4.15. The number of hydrogen-bond donors (Lipinski definition) is 2. The van der Waals surface area contributed by atoms with Crippen LogP contribution < -0.4 is 5.32 Å². The summed E-state index contributed by atoms with van der Waals surface area (Å²) >= 11 is 0. The summed E-state index contributed by atoms with van der Waals surface area (Å²) in [6.45, 7) is 6.55. The standard InChI is InChI=1S/C13H21NO/c1-4-11-5-7-12(8-6-11)14-13(2,3)9-10-15/h5-8,14-15H,4,9-10H2,1-3H3. The van der Waals surface area contributed by atoms with Crippen molar-refractivity contribution in [3.8, 4) is 0 Å². The van der Waals surface area contributed by atoms with Crippen LogP contribution >= 0.6 is 0 Å². The van der Waals surface area contributed by atoms with Crippen LogP contribution in [-0.4, -0.2) is 17.3 Å². The maximum Gasteiger partial charge on any atom is 0.0453 e. The normalized spacial score (nSPS) is 11.5. The van der Waals surface area contributed by atoms with E-state index in [0.717, 1.165) is 18.5 Å². The van der Waals surface area contributed by atoms with Gasteiger partial charge in [-0.05, 0) is 44.4 Å². The molecule has 0 bridgehead atoms. The van der Waals surface area contributed by atoms with Crippen LogP contribution in [0, 0.1) is 0 Å². The molecule has 1 aromatic carbocycles. The Balaban J connectivity index is 2.64. The molecule has 84 valence electrons. The smallest absolute Gasteiger partial charge is 0.0453 e. The van der Waals surface area contributed by atoms with Crippen molar-refractivity contribution in [2.24, 2.45) is 0 Å². The molecule has 0 spiro atoms. The van der Waals surface area contributed by atoms with Gasteiger partial charge in [0.15, 0.2) is 0 Å². The molecule has 0 heterocycles. The van der Waals surface area contributed by atoms with Crippen molar-refractivity contribution < 1.29 is 5.11 Å². The third-order valence-corrected chi connectivity index (χ3v) is 2.58. The van der Waals surface area contributed by atoms with Gasteiger partial charge in [-0.2, -0.15) is 0 Å². The summed E-state index contributed by atoms with van der Waals surface area (Å²) in [7, 11) is 0. The zero-order valence-corrected chi connectivity index (χ0v) is 9.88. The minimum absolute atomic E-state index is 0.0531. The van der Waals surface area contributed by atoms with Crippen LogP contribution in [0.5, 0.6) is 0 Å². The quantitative estimate of drug-likeness (QED) is 0.778. The maximum absolute atomic E-state index is 8.92. The Morgan fingerprint density at radius 2 is 1.80 bits per heavy atom. The number of aliphatic hydroxyl groups excluding tert-OH is 1. The second-order valence-electron chi connectivity index (χ2n) is 4.53. The van der Waals surface area contributed by atoms with Crippen molar-refractivity contribution in [2.75, 3.05) is 11.9 Å². The highest BCUT2D eigenvalue weighted by atomic mass is 16.3. The monoisotopic (exact) mass is 207 g/mol. The third-order valence-electron chi connectivity index (χ3n) is 2.58. The molecule has 0 radical (unpaired) electrons. The molecule has 0 aliphatic carbocycles. The van der Waals surface area contributed by atoms with E-state index >= 15 is 0 Å². The van der Waals surface area contributed by atoms with E-state index in [4.69, 9.17) is 5.11 Å². The molecule has 0 amide bonds. The first-order chi connectivity index (χ1) is 7.07. The van der Waals surface area contributed by atoms with Crippen LogP contribution in [-0.2, 0) is 6.42 Å². The average molecular weight is 207 g/mol. The minimum Gasteiger partial charge on any atom is -0.396 e. The number of anilines is 1. The molecule has 0 aromatic heterocycles. The molecule has 0 saturated carbocycles. The van der Waals surface area contributed by atoms with E-state index < -0.39 is 0 Å². The second-order valence-corrected chi connectivity index (χ2v) is 4.53. The van der Waals surface area contributed by atoms with Gasteiger partial charge in [0.05, 0.1) is 0 Å². The van der Waals surface area contributed by atoms with Crippen molar-refractivity contribution in [2.45, 2.75) is 39.2 Å². The number of aryl methyl sites for hydroxylation is 1. The maximum atomic E-state index is 8.92. The number of benzene rings is 1. The zero-order valence-electron chi connectivity index (χ0n) is 9.88. The molecule has 1 aromatic rings. The highest BCUT2D eigenvalue weighted by Gasteiger charge is 2.15. The lowest BCUT2D eigenvalue weighted by molar-refractivity contribution is 0.261. The summed E-state index contributed by atoms with van der Waals surface area (Å²) < 4.78 is 0. The van der Waals surface area contributed by atoms with Gasteiger partial charge in [-0.1, -0.05) is 19.1 Å². The SMILES string of the molecule is CCc1ccc(NC(C)(C)CCO)cc1. The number of rotatable bonds is 5. The Labute approximate surface area is 92.3 Å². The summed E-state index contributed by atoms with van der Waals surface area (Å²) in [5, 5.41) is 12.3. The van der Waals surface area contributed by atoms with Crippen molar-refractivity contribution in [3.63, 3.8) is 0 Å². The van der Waals surface area contributed by atoms with Crippen LogP contribution in [0.2, 0.25) is 0 Å². The molecule has 0 aliphatic heterocycles. The lowest BCUT2D eigenvalue weighted by Gasteiger charge is -2.26. The number of aliphatic hydroxyl groups is 1. The topological polar surface area (TPSA) is 32.3 Å². The first-order valence-electron chi connectivity index (χ1n) is 5.55. The van der Waals surface area contributed by atoms with E-state index in [2.05, 4.69) is 50.4 Å². The highest BCUT2D eigenvalue weighted by Crippen LogP contribution is 2.18. The van der Waals surface area contributed by atoms with Crippen molar-refractivity contribution in [1.29, 1.82) is 0 Å². The second kappa shape index (κ2) is 5.17. The Bertz CT molecular complexity index is 290. The van der Waals surface area contributed by atoms with Crippen LogP contribution in [0.1, 0.15) is 32.8 Å². The van der Waals surface area contributed by atoms with Gasteiger partial charge < -0.3 is 10.4 Å². The van der Waals surface area contributed by atoms with Gasteiger partial charge in [0.1, 0.15) is 0 Å². The van der Waals surface area contributed by atoms with Crippen molar-refractivity contribution >= 4 is 5.69 Å². The molecule has 2 nitrogen and oxygen atoms in total. The Morgan fingerprint density at radius 3 is 2.27 bits per heavy atom. The van der Waals surface area contributed by atoms with Gasteiger partial charge in [0, 0.05) is 17.8 Å². The molecular formula is C13H21NO. The molecule has 2 heteroatoms. The van der Waals surface area contributed by atoms with Crippen molar-refractivity contribution in [3.05, 3.63) is 29.8 Å². The molecule has 0 unspecified atom stereocenters. The third kappa shape index (κ3) is 3.92. The Hall–Kier alpha value is -1.02. The predicted molar refractivity (Wildman–Crippen MR) is 65.2 cm³/mol. The van der Waals surface area contributed by atoms with E-state index in [1.54, 1.807) is 0 Å². The fraction of sp³-hybridized carbons (Fsp3) is 0.538. The minimum atomic E-state index is -0.0531. The molecule has 1 rings (SSSR count). The first-order valence-corrected chi connectivity index (χ1v) is 5.55. The molecule has 0 saturated heterocycles. The molecule has 2 N–H and O–H groups in total. The summed E-state index contributed by atoms with van der Waals surface area (Å²) in [5.41, 5.74) is 2.41. The average Bonchev–Trinajstić information content (AvgIpc) is 2.18. The van der Waals surface area contributed by atoms with Crippen LogP contribution in [0.3, 0.4) is 0 Å². The van der Waals surface area contributed by atoms with Gasteiger partial charge in [-0.15, -0.1) is 0 Å². The molecule has 0 atom stereocenters. The summed E-state index contributed by atoms with van der Waals surface area (Å²) in [6, 6.07) is 8.46. The molecule has 15 heavy (non-hydrogen) atoms. The van der Waals surface area contributed by atoms with Crippen molar-refractivity contribution in [1.82, 2.24) is 0 Å². The summed E-state index contributed by atoms with van der Waals surface area (Å²) in [6.07, 6.45) is 1.82. The summed E-state index contributed by atoms with van der Waals surface area (Å²) in [5.74, 6) is 0. The van der Waals surface area contributed by atoms with Gasteiger partial charge in [0.2, 0.25) is 0 Å². The fourth-order valence-corrected chi connectivity index (χ4v) is 1.56. The lowest BCUT2D eigenvalue weighted by Crippen LogP contribution is -2.31. The Morgan fingerprint density at radius 1 is 1.20 bits per heavy atom. The first kappa shape index (κ1) is 12.1.